The van der Waals surface area contributed by atoms with Crippen LogP contribution >= 0.6 is 0 Å². The van der Waals surface area contributed by atoms with Crippen molar-refractivity contribution in [1.82, 2.24) is 9.78 Å². The number of benzene rings is 1. The van der Waals surface area contributed by atoms with E-state index in [1.807, 2.05) is 19.1 Å². The van der Waals surface area contributed by atoms with E-state index < -0.39 is 6.10 Å². The molecule has 1 aromatic heterocycles. The second kappa shape index (κ2) is 5.80. The number of amides is 2. The first-order chi connectivity index (χ1) is 12.0. The van der Waals surface area contributed by atoms with Crippen molar-refractivity contribution in [2.75, 3.05) is 17.2 Å². The van der Waals surface area contributed by atoms with Crippen LogP contribution in [0.1, 0.15) is 12.5 Å². The highest BCUT2D eigenvalue weighted by Gasteiger charge is 2.32. The molecule has 130 valence electrons. The second-order valence-corrected chi connectivity index (χ2v) is 6.25. The highest BCUT2D eigenvalue weighted by molar-refractivity contribution is 5.99. The number of hydrogen-bond acceptors (Lipinski definition) is 5. The Bertz CT molecular complexity index is 860. The lowest BCUT2D eigenvalue weighted by atomic mass is 9.98. The predicted octanol–water partition coefficient (Wildman–Crippen LogP) is 1.33. The van der Waals surface area contributed by atoms with Gasteiger partial charge in [0.15, 0.2) is 17.3 Å². The van der Waals surface area contributed by atoms with Crippen LogP contribution in [-0.2, 0) is 23.1 Å². The number of carbonyl (C=O) groups is 2. The van der Waals surface area contributed by atoms with Gasteiger partial charge in [-0.05, 0) is 18.6 Å². The van der Waals surface area contributed by atoms with E-state index in [-0.39, 0.29) is 24.3 Å². The molecule has 2 aliphatic rings. The van der Waals surface area contributed by atoms with Gasteiger partial charge in [0.25, 0.3) is 5.91 Å². The Hall–Kier alpha value is -3.03. The number of aromatic nitrogens is 2. The van der Waals surface area contributed by atoms with E-state index in [0.717, 1.165) is 5.56 Å². The zero-order valence-corrected chi connectivity index (χ0v) is 13.9. The molecule has 0 saturated carbocycles. The molecule has 2 atom stereocenters. The monoisotopic (exact) mass is 342 g/mol. The van der Waals surface area contributed by atoms with Gasteiger partial charge >= 0.3 is 0 Å². The molecular weight excluding hydrogens is 324 g/mol. The van der Waals surface area contributed by atoms with Gasteiger partial charge in [0, 0.05) is 18.5 Å². The molecule has 2 aliphatic heterocycles. The number of fused-ring (bicyclic) bond motifs is 2. The molecule has 2 aromatic rings. The summed E-state index contributed by atoms with van der Waals surface area (Å²) in [5.74, 6) is 1.67. The van der Waals surface area contributed by atoms with Crippen molar-refractivity contribution < 1.29 is 19.1 Å². The minimum absolute atomic E-state index is 0.0472. The highest BCUT2D eigenvalue weighted by Crippen LogP contribution is 2.33. The smallest absolute Gasteiger partial charge is 0.270 e. The Morgan fingerprint density at radius 1 is 1.36 bits per heavy atom. The van der Waals surface area contributed by atoms with Crippen LogP contribution in [0.4, 0.5) is 11.6 Å². The van der Waals surface area contributed by atoms with Crippen molar-refractivity contribution in [3.63, 3.8) is 0 Å². The largest absolute Gasteiger partial charge is 0.485 e. The molecule has 0 unspecified atom stereocenters. The second-order valence-electron chi connectivity index (χ2n) is 6.25. The Labute approximate surface area is 144 Å². The van der Waals surface area contributed by atoms with E-state index >= 15 is 0 Å². The van der Waals surface area contributed by atoms with Crippen molar-refractivity contribution in [2.24, 2.45) is 13.0 Å². The summed E-state index contributed by atoms with van der Waals surface area (Å²) in [5.41, 5.74) is 0.820. The molecule has 4 rings (SSSR count). The number of para-hydroxylation sites is 2. The first-order valence-corrected chi connectivity index (χ1v) is 8.09. The summed E-state index contributed by atoms with van der Waals surface area (Å²) in [6.45, 7) is 1.97. The molecule has 0 aliphatic carbocycles. The van der Waals surface area contributed by atoms with E-state index in [1.165, 1.54) is 0 Å². The fraction of sp³-hybridized carbons (Fsp3) is 0.353. The van der Waals surface area contributed by atoms with Crippen LogP contribution in [0.3, 0.4) is 0 Å². The molecule has 3 heterocycles. The van der Waals surface area contributed by atoms with Gasteiger partial charge in [-0.3, -0.25) is 14.3 Å². The maximum atomic E-state index is 12.6. The summed E-state index contributed by atoms with van der Waals surface area (Å²) in [6, 6.07) is 7.22. The first-order valence-electron chi connectivity index (χ1n) is 8.09. The molecule has 25 heavy (non-hydrogen) atoms. The van der Waals surface area contributed by atoms with Crippen LogP contribution in [-0.4, -0.2) is 34.3 Å². The zero-order chi connectivity index (χ0) is 17.6. The number of ether oxygens (including phenoxy) is 2. The van der Waals surface area contributed by atoms with Crippen LogP contribution in [0.5, 0.6) is 11.5 Å². The molecule has 0 fully saturated rings. The van der Waals surface area contributed by atoms with Gasteiger partial charge in [-0.2, -0.15) is 5.10 Å². The molecule has 0 radical (unpaired) electrons. The highest BCUT2D eigenvalue weighted by atomic mass is 16.6. The average Bonchev–Trinajstić information content (AvgIpc) is 2.90. The normalized spacial score (nSPS) is 21.3. The summed E-state index contributed by atoms with van der Waals surface area (Å²) in [5, 5.41) is 9.93. The Kier molecular flexibility index (Phi) is 3.60. The third-order valence-electron chi connectivity index (χ3n) is 4.39. The number of hydrogen-bond donors (Lipinski definition) is 2. The van der Waals surface area contributed by atoms with Gasteiger partial charge in [0.1, 0.15) is 12.4 Å². The zero-order valence-electron chi connectivity index (χ0n) is 13.9. The molecule has 0 spiro atoms. The van der Waals surface area contributed by atoms with Crippen molar-refractivity contribution in [1.29, 1.82) is 0 Å². The maximum absolute atomic E-state index is 12.6. The number of nitrogens with zero attached hydrogens (tertiary/aromatic N) is 2. The van der Waals surface area contributed by atoms with Crippen LogP contribution in [0.25, 0.3) is 0 Å². The minimum Gasteiger partial charge on any atom is -0.485 e. The van der Waals surface area contributed by atoms with Crippen LogP contribution < -0.4 is 20.1 Å². The van der Waals surface area contributed by atoms with Crippen LogP contribution in [0.15, 0.2) is 24.3 Å². The van der Waals surface area contributed by atoms with E-state index in [9.17, 15) is 9.59 Å². The fourth-order valence-corrected chi connectivity index (χ4v) is 3.00. The standard InChI is InChI=1S/C17H18N4O4/c1-9-7-10-14(20-21(2)15(10)19-16(9)22)18-17(23)13-8-24-11-5-3-4-6-12(11)25-13/h3-6,9,13H,7-8H2,1-2H3,(H,19,22)(H,18,20,23)/t9-,13+/m1/s1. The Morgan fingerprint density at radius 2 is 2.12 bits per heavy atom. The molecular formula is C17H18N4O4. The molecule has 1 aromatic carbocycles. The number of carbonyl (C=O) groups excluding carboxylic acids is 2. The van der Waals surface area contributed by atoms with Crippen molar-refractivity contribution in [2.45, 2.75) is 19.4 Å². The average molecular weight is 342 g/mol. The minimum atomic E-state index is -0.761. The van der Waals surface area contributed by atoms with Gasteiger partial charge in [-0.15, -0.1) is 0 Å². The Morgan fingerprint density at radius 3 is 2.92 bits per heavy atom. The van der Waals surface area contributed by atoms with Gasteiger partial charge in [0.05, 0.1) is 0 Å². The third kappa shape index (κ3) is 2.69. The number of aryl methyl sites for hydroxylation is 1. The van der Waals surface area contributed by atoms with Gasteiger partial charge < -0.3 is 20.1 Å². The van der Waals surface area contributed by atoms with Crippen LogP contribution in [0, 0.1) is 5.92 Å². The third-order valence-corrected chi connectivity index (χ3v) is 4.39. The summed E-state index contributed by atoms with van der Waals surface area (Å²) in [4.78, 5) is 24.4. The lowest BCUT2D eigenvalue weighted by Crippen LogP contribution is -2.40. The molecule has 2 amide bonds. The number of rotatable bonds is 2. The number of nitrogens with one attached hydrogen (secondary N) is 2. The Balaban J connectivity index is 1.53. The van der Waals surface area contributed by atoms with Gasteiger partial charge in [-0.1, -0.05) is 19.1 Å². The van der Waals surface area contributed by atoms with Gasteiger partial charge in [0.2, 0.25) is 12.0 Å². The summed E-state index contributed by atoms with van der Waals surface area (Å²) < 4.78 is 12.8. The fourth-order valence-electron chi connectivity index (χ4n) is 3.00. The van der Waals surface area contributed by atoms with Crippen LogP contribution in [0.2, 0.25) is 0 Å². The maximum Gasteiger partial charge on any atom is 0.270 e. The van der Waals surface area contributed by atoms with E-state index in [0.29, 0.717) is 29.6 Å². The first kappa shape index (κ1) is 15.5. The van der Waals surface area contributed by atoms with E-state index in [1.54, 1.807) is 23.9 Å². The summed E-state index contributed by atoms with van der Waals surface area (Å²) >= 11 is 0. The molecule has 0 saturated heterocycles. The van der Waals surface area contributed by atoms with E-state index in [2.05, 4.69) is 15.7 Å². The van der Waals surface area contributed by atoms with Crippen molar-refractivity contribution in [3.05, 3.63) is 29.8 Å². The van der Waals surface area contributed by atoms with Crippen molar-refractivity contribution >= 4 is 23.5 Å². The van der Waals surface area contributed by atoms with Crippen molar-refractivity contribution in [3.8, 4) is 11.5 Å². The quantitative estimate of drug-likeness (QED) is 0.859. The lowest BCUT2D eigenvalue weighted by molar-refractivity contribution is -0.125. The summed E-state index contributed by atoms with van der Waals surface area (Å²) in [6.07, 6.45) is -0.238. The molecule has 8 nitrogen and oxygen atoms in total. The van der Waals surface area contributed by atoms with Gasteiger partial charge in [-0.25, -0.2) is 0 Å². The topological polar surface area (TPSA) is 94.5 Å². The molecule has 8 heteroatoms. The molecule has 0 bridgehead atoms. The predicted molar refractivity (Wildman–Crippen MR) is 89.7 cm³/mol. The van der Waals surface area contributed by atoms with E-state index in [4.69, 9.17) is 9.47 Å². The lowest BCUT2D eigenvalue weighted by Gasteiger charge is -2.25. The SMILES string of the molecule is C[C@@H]1Cc2c(NC(=O)[C@@H]3COc4ccccc4O3)nn(C)c2NC1=O. The summed E-state index contributed by atoms with van der Waals surface area (Å²) in [7, 11) is 1.72. The molecule has 2 N–H and O–H groups in total. The number of anilines is 2.